The fourth-order valence-electron chi connectivity index (χ4n) is 5.23. The SMILES string of the molecule is CCCC1c2ccccc2N=C(N2CCN(c3cccc(OC)c3)CC2)N1C1=CC(F)=CCC1. The molecule has 178 valence electrons. The van der Waals surface area contributed by atoms with Crippen molar-refractivity contribution < 1.29 is 9.13 Å². The second kappa shape index (κ2) is 9.92. The van der Waals surface area contributed by atoms with Gasteiger partial charge in [0.2, 0.25) is 5.96 Å². The molecule has 2 aromatic rings. The summed E-state index contributed by atoms with van der Waals surface area (Å²) in [7, 11) is 1.70. The number of benzene rings is 2. The molecule has 1 unspecified atom stereocenters. The number of allylic oxidation sites excluding steroid dienone is 4. The van der Waals surface area contributed by atoms with Gasteiger partial charge in [-0.05, 0) is 49.6 Å². The molecule has 0 N–H and O–H groups in total. The summed E-state index contributed by atoms with van der Waals surface area (Å²) in [4.78, 5) is 12.3. The van der Waals surface area contributed by atoms with Crippen LogP contribution >= 0.6 is 0 Å². The Kier molecular flexibility index (Phi) is 6.57. The van der Waals surface area contributed by atoms with Crippen molar-refractivity contribution in [2.24, 2.45) is 4.99 Å². The molecule has 2 heterocycles. The number of rotatable bonds is 5. The maximum absolute atomic E-state index is 14.4. The summed E-state index contributed by atoms with van der Waals surface area (Å²) in [6.45, 7) is 5.73. The number of hydrogen-bond acceptors (Lipinski definition) is 5. The van der Waals surface area contributed by atoms with Crippen LogP contribution in [0, 0.1) is 0 Å². The first kappa shape index (κ1) is 22.5. The lowest BCUT2D eigenvalue weighted by Crippen LogP contribution is -2.54. The third-order valence-electron chi connectivity index (χ3n) is 6.94. The number of ether oxygens (including phenoxy) is 1. The number of guanidine groups is 1. The molecule has 2 aromatic carbocycles. The van der Waals surface area contributed by atoms with Crippen molar-refractivity contribution in [2.75, 3.05) is 38.2 Å². The number of hydrogen-bond donors (Lipinski definition) is 0. The highest BCUT2D eigenvalue weighted by Crippen LogP contribution is 2.42. The quantitative estimate of drug-likeness (QED) is 0.532. The normalized spacial score (nSPS) is 20.4. The van der Waals surface area contributed by atoms with Crippen molar-refractivity contribution in [1.29, 1.82) is 0 Å². The number of anilines is 1. The molecule has 0 saturated carbocycles. The molecule has 0 aromatic heterocycles. The average Bonchev–Trinajstić information content (AvgIpc) is 2.89. The predicted octanol–water partition coefficient (Wildman–Crippen LogP) is 6.19. The summed E-state index contributed by atoms with van der Waals surface area (Å²) >= 11 is 0. The summed E-state index contributed by atoms with van der Waals surface area (Å²) in [6, 6.07) is 16.8. The Hall–Kier alpha value is -3.28. The number of para-hydroxylation sites is 1. The Bertz CT molecular complexity index is 1120. The van der Waals surface area contributed by atoms with E-state index in [2.05, 4.69) is 58.0 Å². The molecule has 6 heteroatoms. The number of aliphatic imine (C=N–C) groups is 1. The van der Waals surface area contributed by atoms with Gasteiger partial charge in [0.05, 0.1) is 18.8 Å². The van der Waals surface area contributed by atoms with Gasteiger partial charge in [-0.25, -0.2) is 9.38 Å². The van der Waals surface area contributed by atoms with E-state index >= 15 is 0 Å². The lowest BCUT2D eigenvalue weighted by Gasteiger charge is -2.46. The van der Waals surface area contributed by atoms with Crippen molar-refractivity contribution in [1.82, 2.24) is 9.80 Å². The zero-order valence-electron chi connectivity index (χ0n) is 20.1. The zero-order valence-corrected chi connectivity index (χ0v) is 20.1. The van der Waals surface area contributed by atoms with E-state index in [1.54, 1.807) is 19.3 Å². The van der Waals surface area contributed by atoms with Crippen LogP contribution in [-0.4, -0.2) is 49.0 Å². The molecule has 0 amide bonds. The largest absolute Gasteiger partial charge is 0.497 e. The van der Waals surface area contributed by atoms with Gasteiger partial charge in [-0.2, -0.15) is 0 Å². The van der Waals surface area contributed by atoms with E-state index in [4.69, 9.17) is 9.73 Å². The van der Waals surface area contributed by atoms with E-state index in [1.165, 1.54) is 11.3 Å². The van der Waals surface area contributed by atoms with Crippen LogP contribution in [0.4, 0.5) is 15.8 Å². The standard InChI is InChI=1S/C28H33FN4O/c1-3-8-27-25-13-4-5-14-26(25)30-28(33(27)23-11-6-9-21(29)19-23)32-17-15-31(16-18-32)22-10-7-12-24(20-22)34-2/h4-5,7,9-10,12-14,19-20,27H,3,6,8,11,15-18H2,1-2H3. The first-order chi connectivity index (χ1) is 16.7. The smallest absolute Gasteiger partial charge is 0.206 e. The van der Waals surface area contributed by atoms with Gasteiger partial charge in [0.25, 0.3) is 0 Å². The molecule has 1 atom stereocenters. The van der Waals surface area contributed by atoms with E-state index in [9.17, 15) is 4.39 Å². The van der Waals surface area contributed by atoms with Crippen LogP contribution in [0.3, 0.4) is 0 Å². The second-order valence-electron chi connectivity index (χ2n) is 9.08. The van der Waals surface area contributed by atoms with Crippen LogP contribution in [0.1, 0.15) is 44.2 Å². The molecule has 0 spiro atoms. The van der Waals surface area contributed by atoms with E-state index in [1.807, 2.05) is 12.1 Å². The summed E-state index contributed by atoms with van der Waals surface area (Å²) in [5.74, 6) is 1.70. The minimum absolute atomic E-state index is 0.141. The summed E-state index contributed by atoms with van der Waals surface area (Å²) < 4.78 is 19.8. The van der Waals surface area contributed by atoms with Crippen LogP contribution < -0.4 is 9.64 Å². The van der Waals surface area contributed by atoms with Crippen molar-refractivity contribution in [3.05, 3.63) is 77.8 Å². The topological polar surface area (TPSA) is 31.3 Å². The van der Waals surface area contributed by atoms with E-state index < -0.39 is 0 Å². The van der Waals surface area contributed by atoms with Gasteiger partial charge in [0.15, 0.2) is 0 Å². The number of halogens is 1. The molecule has 1 aliphatic carbocycles. The lowest BCUT2D eigenvalue weighted by molar-refractivity contribution is 0.269. The van der Waals surface area contributed by atoms with Crippen LogP contribution in [0.25, 0.3) is 0 Å². The Morgan fingerprint density at radius 1 is 1.03 bits per heavy atom. The fourth-order valence-corrected chi connectivity index (χ4v) is 5.23. The predicted molar refractivity (Wildman–Crippen MR) is 136 cm³/mol. The Balaban J connectivity index is 1.46. The van der Waals surface area contributed by atoms with Gasteiger partial charge >= 0.3 is 0 Å². The summed E-state index contributed by atoms with van der Waals surface area (Å²) in [5.41, 5.74) is 4.48. The van der Waals surface area contributed by atoms with Gasteiger partial charge in [0, 0.05) is 49.2 Å². The minimum Gasteiger partial charge on any atom is -0.497 e. The molecule has 0 radical (unpaired) electrons. The zero-order chi connectivity index (χ0) is 23.5. The van der Waals surface area contributed by atoms with E-state index in [0.29, 0.717) is 0 Å². The molecule has 0 bridgehead atoms. The highest BCUT2D eigenvalue weighted by Gasteiger charge is 2.36. The third-order valence-corrected chi connectivity index (χ3v) is 6.94. The molecule has 5 rings (SSSR count). The van der Waals surface area contributed by atoms with Crippen molar-refractivity contribution in [3.63, 3.8) is 0 Å². The van der Waals surface area contributed by atoms with Crippen LogP contribution in [0.5, 0.6) is 5.75 Å². The monoisotopic (exact) mass is 460 g/mol. The van der Waals surface area contributed by atoms with Gasteiger partial charge < -0.3 is 19.4 Å². The average molecular weight is 461 g/mol. The molecule has 1 fully saturated rings. The lowest BCUT2D eigenvalue weighted by atomic mass is 9.95. The molecular formula is C28H33FN4O. The summed E-state index contributed by atoms with van der Waals surface area (Å²) in [5, 5.41) is 0. The summed E-state index contributed by atoms with van der Waals surface area (Å²) in [6.07, 6.45) is 7.01. The fraction of sp³-hybridized carbons (Fsp3) is 0.393. The highest BCUT2D eigenvalue weighted by molar-refractivity contribution is 5.88. The minimum atomic E-state index is -0.141. The first-order valence-corrected chi connectivity index (χ1v) is 12.3. The maximum Gasteiger partial charge on any atom is 0.206 e. The van der Waals surface area contributed by atoms with Gasteiger partial charge in [-0.3, -0.25) is 0 Å². The second-order valence-corrected chi connectivity index (χ2v) is 9.08. The van der Waals surface area contributed by atoms with Gasteiger partial charge in [-0.1, -0.05) is 37.6 Å². The van der Waals surface area contributed by atoms with Crippen molar-refractivity contribution in [2.45, 2.75) is 38.6 Å². The molecule has 5 nitrogen and oxygen atoms in total. The number of nitrogens with zero attached hydrogens (tertiary/aromatic N) is 4. The molecule has 2 aliphatic heterocycles. The Labute approximate surface area is 201 Å². The molecule has 1 saturated heterocycles. The van der Waals surface area contributed by atoms with Crippen molar-refractivity contribution in [3.8, 4) is 5.75 Å². The number of piperazine rings is 1. The highest BCUT2D eigenvalue weighted by atomic mass is 19.1. The molecular weight excluding hydrogens is 427 g/mol. The van der Waals surface area contributed by atoms with Crippen molar-refractivity contribution >= 4 is 17.3 Å². The van der Waals surface area contributed by atoms with Crippen LogP contribution in [-0.2, 0) is 0 Å². The van der Waals surface area contributed by atoms with Gasteiger partial charge in [-0.15, -0.1) is 0 Å². The third kappa shape index (κ3) is 4.41. The number of methoxy groups -OCH3 is 1. The van der Waals surface area contributed by atoms with Crippen LogP contribution in [0.15, 0.2) is 77.2 Å². The van der Waals surface area contributed by atoms with Crippen LogP contribution in [0.2, 0.25) is 0 Å². The van der Waals surface area contributed by atoms with E-state index in [0.717, 1.165) is 75.0 Å². The number of fused-ring (bicyclic) bond motifs is 1. The van der Waals surface area contributed by atoms with E-state index in [-0.39, 0.29) is 11.9 Å². The molecule has 3 aliphatic rings. The maximum atomic E-state index is 14.4. The first-order valence-electron chi connectivity index (χ1n) is 12.3. The Morgan fingerprint density at radius 3 is 2.59 bits per heavy atom. The Morgan fingerprint density at radius 2 is 1.82 bits per heavy atom. The molecule has 34 heavy (non-hydrogen) atoms. The van der Waals surface area contributed by atoms with Gasteiger partial charge in [0.1, 0.15) is 11.6 Å².